The van der Waals surface area contributed by atoms with Gasteiger partial charge in [-0.1, -0.05) is 5.21 Å². The van der Waals surface area contributed by atoms with Crippen molar-refractivity contribution in [3.05, 3.63) is 11.9 Å². The molecule has 7 heteroatoms. The lowest BCUT2D eigenvalue weighted by atomic mass is 10.1. The molecule has 2 heterocycles. The van der Waals surface area contributed by atoms with Crippen molar-refractivity contribution in [1.29, 1.82) is 0 Å². The predicted octanol–water partition coefficient (Wildman–Crippen LogP) is -0.236. The Bertz CT molecular complexity index is 418. The van der Waals surface area contributed by atoms with E-state index in [0.717, 1.165) is 19.4 Å². The number of nitrogens with two attached hydrogens (primary N) is 1. The summed E-state index contributed by atoms with van der Waals surface area (Å²) in [6.07, 6.45) is 3.89. The van der Waals surface area contributed by atoms with Crippen molar-refractivity contribution in [2.24, 2.45) is 5.73 Å². The van der Waals surface area contributed by atoms with Gasteiger partial charge in [-0.3, -0.25) is 4.79 Å². The smallest absolute Gasteiger partial charge is 0.244 e. The summed E-state index contributed by atoms with van der Waals surface area (Å²) in [6.45, 7) is 4.68. The van der Waals surface area contributed by atoms with Gasteiger partial charge in [0.2, 0.25) is 5.91 Å². The lowest BCUT2D eigenvalue weighted by Gasteiger charge is -2.32. The molecule has 1 saturated heterocycles. The summed E-state index contributed by atoms with van der Waals surface area (Å²) < 4.78 is 7.13. The molecule has 0 bridgehead atoms. The lowest BCUT2D eigenvalue weighted by Crippen LogP contribution is -2.44. The van der Waals surface area contributed by atoms with E-state index in [1.807, 2.05) is 11.8 Å². The molecule has 2 rings (SSSR count). The molecular weight excluding hydrogens is 246 g/mol. The van der Waals surface area contributed by atoms with Crippen LogP contribution in [0.15, 0.2) is 6.20 Å². The predicted molar refractivity (Wildman–Crippen MR) is 69.1 cm³/mol. The van der Waals surface area contributed by atoms with Crippen LogP contribution >= 0.6 is 0 Å². The minimum absolute atomic E-state index is 0.0536. The number of carbonyl (C=O) groups is 1. The summed E-state index contributed by atoms with van der Waals surface area (Å²) in [5, 5.41) is 7.75. The van der Waals surface area contributed by atoms with Crippen molar-refractivity contribution >= 4 is 5.91 Å². The number of likely N-dealkylation sites (tertiary alicyclic amines) is 1. The number of nitrogens with zero attached hydrogens (tertiary/aromatic N) is 4. The fraction of sp³-hybridized carbons (Fsp3) is 0.750. The van der Waals surface area contributed by atoms with Crippen LogP contribution in [0.25, 0.3) is 0 Å². The second kappa shape index (κ2) is 6.63. The Morgan fingerprint density at radius 2 is 2.47 bits per heavy atom. The highest BCUT2D eigenvalue weighted by Crippen LogP contribution is 2.13. The van der Waals surface area contributed by atoms with Gasteiger partial charge in [0.1, 0.15) is 6.54 Å². The van der Waals surface area contributed by atoms with Crippen LogP contribution < -0.4 is 5.73 Å². The Kier molecular flexibility index (Phi) is 4.86. The maximum absolute atomic E-state index is 12.2. The number of ether oxygens (including phenoxy) is 1. The van der Waals surface area contributed by atoms with Gasteiger partial charge in [0.25, 0.3) is 0 Å². The maximum atomic E-state index is 12.2. The number of piperidine rings is 1. The lowest BCUT2D eigenvalue weighted by molar-refractivity contribution is -0.136. The first-order valence-corrected chi connectivity index (χ1v) is 6.71. The highest BCUT2D eigenvalue weighted by atomic mass is 16.5. The number of aromatic nitrogens is 3. The second-order valence-electron chi connectivity index (χ2n) is 4.67. The largest absolute Gasteiger partial charge is 0.377 e. The van der Waals surface area contributed by atoms with E-state index >= 15 is 0 Å². The quantitative estimate of drug-likeness (QED) is 0.796. The molecule has 0 aromatic carbocycles. The second-order valence-corrected chi connectivity index (χ2v) is 4.67. The molecule has 1 aliphatic heterocycles. The van der Waals surface area contributed by atoms with Crippen molar-refractivity contribution < 1.29 is 9.53 Å². The van der Waals surface area contributed by atoms with Gasteiger partial charge in [-0.25, -0.2) is 4.68 Å². The molecular formula is C12H21N5O2. The molecule has 1 aromatic rings. The number of amides is 1. The third-order valence-corrected chi connectivity index (χ3v) is 3.23. The maximum Gasteiger partial charge on any atom is 0.244 e. The fourth-order valence-electron chi connectivity index (χ4n) is 2.28. The highest BCUT2D eigenvalue weighted by molar-refractivity contribution is 5.76. The molecule has 0 spiro atoms. The van der Waals surface area contributed by atoms with E-state index in [-0.39, 0.29) is 18.6 Å². The van der Waals surface area contributed by atoms with Crippen LogP contribution in [-0.4, -0.2) is 51.6 Å². The van der Waals surface area contributed by atoms with E-state index in [1.165, 1.54) is 4.68 Å². The average Bonchev–Trinajstić information content (AvgIpc) is 2.87. The highest BCUT2D eigenvalue weighted by Gasteiger charge is 2.24. The molecule has 106 valence electrons. The van der Waals surface area contributed by atoms with Crippen LogP contribution in [0.5, 0.6) is 0 Å². The van der Waals surface area contributed by atoms with Gasteiger partial charge in [0.15, 0.2) is 0 Å². The van der Waals surface area contributed by atoms with E-state index in [9.17, 15) is 4.79 Å². The summed E-state index contributed by atoms with van der Waals surface area (Å²) in [5.41, 5.74) is 6.15. The van der Waals surface area contributed by atoms with Crippen molar-refractivity contribution in [2.75, 3.05) is 19.7 Å². The molecule has 19 heavy (non-hydrogen) atoms. The molecule has 0 saturated carbocycles. The van der Waals surface area contributed by atoms with E-state index < -0.39 is 0 Å². The van der Waals surface area contributed by atoms with E-state index in [0.29, 0.717) is 25.4 Å². The SMILES string of the molecule is CCOC1CCCN(C(=O)Cn2cc(CN)nn2)C1. The molecule has 1 aliphatic rings. The molecule has 1 aromatic heterocycles. The Balaban J connectivity index is 1.88. The minimum Gasteiger partial charge on any atom is -0.377 e. The Morgan fingerprint density at radius 3 is 3.16 bits per heavy atom. The Hall–Kier alpha value is -1.47. The van der Waals surface area contributed by atoms with E-state index in [4.69, 9.17) is 10.5 Å². The van der Waals surface area contributed by atoms with Crippen LogP contribution in [-0.2, 0) is 22.6 Å². The summed E-state index contributed by atoms with van der Waals surface area (Å²) in [6, 6.07) is 0. The van der Waals surface area contributed by atoms with Gasteiger partial charge >= 0.3 is 0 Å². The van der Waals surface area contributed by atoms with Crippen LogP contribution in [0.1, 0.15) is 25.5 Å². The van der Waals surface area contributed by atoms with Crippen LogP contribution in [0, 0.1) is 0 Å². The zero-order valence-electron chi connectivity index (χ0n) is 11.3. The van der Waals surface area contributed by atoms with Crippen LogP contribution in [0.2, 0.25) is 0 Å². The van der Waals surface area contributed by atoms with E-state index in [2.05, 4.69) is 10.3 Å². The van der Waals surface area contributed by atoms with Crippen molar-refractivity contribution in [2.45, 2.75) is 39.0 Å². The molecule has 2 N–H and O–H groups in total. The summed E-state index contributed by atoms with van der Waals surface area (Å²) in [5.74, 6) is 0.0536. The zero-order chi connectivity index (χ0) is 13.7. The van der Waals surface area contributed by atoms with Gasteiger partial charge in [-0.15, -0.1) is 5.10 Å². The van der Waals surface area contributed by atoms with Gasteiger partial charge in [0.05, 0.1) is 18.0 Å². The van der Waals surface area contributed by atoms with Crippen molar-refractivity contribution in [3.8, 4) is 0 Å². The molecule has 1 unspecified atom stereocenters. The summed E-state index contributed by atoms with van der Waals surface area (Å²) in [4.78, 5) is 14.0. The zero-order valence-corrected chi connectivity index (χ0v) is 11.3. The summed E-state index contributed by atoms with van der Waals surface area (Å²) in [7, 11) is 0. The molecule has 1 amide bonds. The van der Waals surface area contributed by atoms with Gasteiger partial charge in [0, 0.05) is 26.2 Å². The monoisotopic (exact) mass is 267 g/mol. The number of carbonyl (C=O) groups excluding carboxylic acids is 1. The van der Waals surface area contributed by atoms with Crippen LogP contribution in [0.4, 0.5) is 0 Å². The van der Waals surface area contributed by atoms with Gasteiger partial charge < -0.3 is 15.4 Å². The first-order chi connectivity index (χ1) is 9.22. The number of hydrogen-bond acceptors (Lipinski definition) is 5. The fourth-order valence-corrected chi connectivity index (χ4v) is 2.28. The normalized spacial score (nSPS) is 19.7. The van der Waals surface area contributed by atoms with Crippen molar-refractivity contribution in [1.82, 2.24) is 19.9 Å². The third-order valence-electron chi connectivity index (χ3n) is 3.23. The van der Waals surface area contributed by atoms with Gasteiger partial charge in [-0.2, -0.15) is 0 Å². The Morgan fingerprint density at radius 1 is 1.63 bits per heavy atom. The average molecular weight is 267 g/mol. The molecule has 1 fully saturated rings. The number of hydrogen-bond donors (Lipinski definition) is 1. The third kappa shape index (κ3) is 3.74. The molecule has 0 radical (unpaired) electrons. The summed E-state index contributed by atoms with van der Waals surface area (Å²) >= 11 is 0. The molecule has 1 atom stereocenters. The Labute approximate surface area is 112 Å². The van der Waals surface area contributed by atoms with E-state index in [1.54, 1.807) is 6.20 Å². The van der Waals surface area contributed by atoms with Crippen molar-refractivity contribution in [3.63, 3.8) is 0 Å². The van der Waals surface area contributed by atoms with Crippen LogP contribution in [0.3, 0.4) is 0 Å². The van der Waals surface area contributed by atoms with Gasteiger partial charge in [-0.05, 0) is 19.8 Å². The number of rotatable bonds is 5. The molecule has 0 aliphatic carbocycles. The topological polar surface area (TPSA) is 86.3 Å². The molecule has 7 nitrogen and oxygen atoms in total. The first kappa shape index (κ1) is 14.0. The minimum atomic E-state index is 0.0536. The standard InChI is InChI=1S/C12H21N5O2/c1-2-19-11-4-3-5-16(8-11)12(18)9-17-7-10(6-13)14-15-17/h7,11H,2-6,8-9,13H2,1H3. The first-order valence-electron chi connectivity index (χ1n) is 6.71.